The standard InChI is InChI=1S/2C19H22ClNO3.2CH3Cl/c2*1-3-24-19(22)18(23-2)17(21)11-13-7-9-14(10-8-13)15-5-4-6-16(20)12-15;2*1-2/h2*4-10,12,17-18H,3,11,21H2,1-2H3;2*1H3/t17-,18+;17-,18-;;/m11../s1. The third-order valence-corrected chi connectivity index (χ3v) is 7.96. The molecule has 52 heavy (non-hydrogen) atoms. The van der Waals surface area contributed by atoms with Crippen LogP contribution in [0.1, 0.15) is 25.0 Å². The average molecular weight is 797 g/mol. The van der Waals surface area contributed by atoms with Gasteiger partial charge in [-0.25, -0.2) is 9.59 Å². The lowest BCUT2D eigenvalue weighted by Crippen LogP contribution is -2.44. The summed E-state index contributed by atoms with van der Waals surface area (Å²) in [6.07, 6.45) is 2.45. The van der Waals surface area contributed by atoms with Crippen LogP contribution in [0.25, 0.3) is 22.3 Å². The maximum atomic E-state index is 11.8. The number of methoxy groups -OCH3 is 2. The van der Waals surface area contributed by atoms with Crippen LogP contribution in [0.5, 0.6) is 0 Å². The Hall–Kier alpha value is -3.18. The Kier molecular flexibility index (Phi) is 23.9. The maximum absolute atomic E-state index is 11.8. The van der Waals surface area contributed by atoms with Crippen molar-refractivity contribution in [1.82, 2.24) is 0 Å². The second-order valence-corrected chi connectivity index (χ2v) is 11.8. The highest BCUT2D eigenvalue weighted by Gasteiger charge is 2.27. The summed E-state index contributed by atoms with van der Waals surface area (Å²) in [5, 5.41) is 1.41. The molecule has 284 valence electrons. The van der Waals surface area contributed by atoms with Crippen molar-refractivity contribution in [3.63, 3.8) is 0 Å². The monoisotopic (exact) mass is 794 g/mol. The van der Waals surface area contributed by atoms with Crippen LogP contribution < -0.4 is 11.5 Å². The predicted octanol–water partition coefficient (Wildman–Crippen LogP) is 8.62. The van der Waals surface area contributed by atoms with Crippen LogP contribution in [0.15, 0.2) is 97.1 Å². The number of nitrogens with two attached hydrogens (primary N) is 2. The van der Waals surface area contributed by atoms with Gasteiger partial charge in [0.15, 0.2) is 12.2 Å². The lowest BCUT2D eigenvalue weighted by molar-refractivity contribution is -0.156. The molecule has 0 unspecified atom stereocenters. The van der Waals surface area contributed by atoms with E-state index in [1.807, 2.05) is 97.1 Å². The Morgan fingerprint density at radius 2 is 0.885 bits per heavy atom. The van der Waals surface area contributed by atoms with Crippen molar-refractivity contribution in [2.45, 2.75) is 51.0 Å². The van der Waals surface area contributed by atoms with Crippen LogP contribution in [0.3, 0.4) is 0 Å². The van der Waals surface area contributed by atoms with Gasteiger partial charge in [-0.05, 0) is 84.3 Å². The number of hydrogen-bond acceptors (Lipinski definition) is 8. The highest BCUT2D eigenvalue weighted by atomic mass is 35.5. The Labute approximate surface area is 328 Å². The molecule has 0 radical (unpaired) electrons. The number of esters is 2. The minimum Gasteiger partial charge on any atom is -0.464 e. The van der Waals surface area contributed by atoms with Gasteiger partial charge in [-0.3, -0.25) is 0 Å². The Morgan fingerprint density at radius 3 is 1.15 bits per heavy atom. The fourth-order valence-electron chi connectivity index (χ4n) is 5.10. The first-order chi connectivity index (χ1) is 25.1. The van der Waals surface area contributed by atoms with E-state index in [0.717, 1.165) is 33.4 Å². The molecule has 4 aromatic carbocycles. The van der Waals surface area contributed by atoms with Gasteiger partial charge in [-0.1, -0.05) is 96.0 Å². The third kappa shape index (κ3) is 15.8. The fourth-order valence-corrected chi connectivity index (χ4v) is 5.48. The minimum absolute atomic E-state index is 0.305. The molecule has 0 fully saturated rings. The van der Waals surface area contributed by atoms with Crippen LogP contribution in [-0.2, 0) is 41.4 Å². The molecule has 0 saturated carbocycles. The van der Waals surface area contributed by atoms with Gasteiger partial charge in [0.05, 0.1) is 13.2 Å². The van der Waals surface area contributed by atoms with Gasteiger partial charge in [-0.2, -0.15) is 0 Å². The molecular formula is C40H50Cl4N2O6. The normalized spacial score (nSPS) is 12.5. The summed E-state index contributed by atoms with van der Waals surface area (Å²) in [4.78, 5) is 23.7. The molecule has 12 heteroatoms. The van der Waals surface area contributed by atoms with E-state index < -0.39 is 36.2 Å². The number of carbonyl (C=O) groups is 2. The zero-order valence-corrected chi connectivity index (χ0v) is 33.5. The smallest absolute Gasteiger partial charge is 0.336 e. The van der Waals surface area contributed by atoms with E-state index in [1.165, 1.54) is 27.0 Å². The van der Waals surface area contributed by atoms with E-state index in [4.69, 9.17) is 53.6 Å². The molecule has 0 heterocycles. The number of ether oxygens (including phenoxy) is 4. The molecular weight excluding hydrogens is 746 g/mol. The van der Waals surface area contributed by atoms with Crippen LogP contribution >= 0.6 is 46.4 Å². The number of carbonyl (C=O) groups excluding carboxylic acids is 2. The van der Waals surface area contributed by atoms with E-state index in [-0.39, 0.29) is 0 Å². The van der Waals surface area contributed by atoms with Gasteiger partial charge < -0.3 is 30.4 Å². The first-order valence-electron chi connectivity index (χ1n) is 16.4. The number of benzene rings is 4. The lowest BCUT2D eigenvalue weighted by atomic mass is 9.99. The zero-order valence-electron chi connectivity index (χ0n) is 30.5. The Morgan fingerprint density at radius 1 is 0.558 bits per heavy atom. The number of halogens is 4. The van der Waals surface area contributed by atoms with Crippen LogP contribution in [0.2, 0.25) is 10.0 Å². The van der Waals surface area contributed by atoms with E-state index in [0.29, 0.717) is 36.1 Å². The first kappa shape index (κ1) is 46.8. The quantitative estimate of drug-likeness (QED) is 0.0961. The molecule has 0 aliphatic heterocycles. The Bertz CT molecular complexity index is 1470. The molecule has 0 aliphatic carbocycles. The van der Waals surface area contributed by atoms with E-state index in [2.05, 4.69) is 23.2 Å². The average Bonchev–Trinajstić information content (AvgIpc) is 3.15. The molecule has 4 aromatic rings. The van der Waals surface area contributed by atoms with Crippen molar-refractivity contribution in [1.29, 1.82) is 0 Å². The molecule has 8 nitrogen and oxygen atoms in total. The summed E-state index contributed by atoms with van der Waals surface area (Å²) in [6.45, 7) is 4.12. The van der Waals surface area contributed by atoms with Gasteiger partial charge in [-0.15, -0.1) is 23.2 Å². The van der Waals surface area contributed by atoms with Crippen molar-refractivity contribution in [2.24, 2.45) is 11.5 Å². The van der Waals surface area contributed by atoms with E-state index >= 15 is 0 Å². The van der Waals surface area contributed by atoms with E-state index in [1.54, 1.807) is 13.8 Å². The topological polar surface area (TPSA) is 123 Å². The van der Waals surface area contributed by atoms with Crippen molar-refractivity contribution in [2.75, 3.05) is 40.2 Å². The van der Waals surface area contributed by atoms with Crippen molar-refractivity contribution >= 4 is 58.3 Å². The van der Waals surface area contributed by atoms with Gasteiger partial charge in [0.1, 0.15) is 0 Å². The van der Waals surface area contributed by atoms with Crippen molar-refractivity contribution < 1.29 is 28.5 Å². The predicted molar refractivity (Wildman–Crippen MR) is 216 cm³/mol. The largest absolute Gasteiger partial charge is 0.464 e. The highest BCUT2D eigenvalue weighted by molar-refractivity contribution is 6.31. The molecule has 0 spiro atoms. The van der Waals surface area contributed by atoms with Gasteiger partial charge >= 0.3 is 11.9 Å². The first-order valence-corrected chi connectivity index (χ1v) is 18.7. The second kappa shape index (κ2) is 26.6. The molecule has 4 rings (SSSR count). The summed E-state index contributed by atoms with van der Waals surface area (Å²) >= 11 is 21.3. The molecule has 4 atom stereocenters. The van der Waals surface area contributed by atoms with Crippen molar-refractivity contribution in [3.05, 3.63) is 118 Å². The van der Waals surface area contributed by atoms with Crippen LogP contribution in [0.4, 0.5) is 0 Å². The SMILES string of the molecule is CCOC(=O)[C@@H](OC)[C@H](N)Cc1ccc(-c2cccc(Cl)c2)cc1.CCOC(=O)[C@H](OC)[C@H](N)Cc1ccc(-c2cccc(Cl)c2)cc1.CCl.CCl. The summed E-state index contributed by atoms with van der Waals surface area (Å²) in [7, 11) is 2.92. The van der Waals surface area contributed by atoms with Gasteiger partial charge in [0, 0.05) is 49.1 Å². The second-order valence-electron chi connectivity index (χ2n) is 11.0. The Balaban J connectivity index is 0.000000475. The zero-order chi connectivity index (χ0) is 39.1. The summed E-state index contributed by atoms with van der Waals surface area (Å²) in [5.74, 6) is -0.855. The van der Waals surface area contributed by atoms with Crippen molar-refractivity contribution in [3.8, 4) is 22.3 Å². The molecule has 0 saturated heterocycles. The molecule has 0 amide bonds. The highest BCUT2D eigenvalue weighted by Crippen LogP contribution is 2.25. The molecule has 0 aromatic heterocycles. The summed E-state index contributed by atoms with van der Waals surface area (Å²) in [5.41, 5.74) is 18.5. The molecule has 0 bridgehead atoms. The number of rotatable bonds is 14. The minimum atomic E-state index is -0.766. The maximum Gasteiger partial charge on any atom is 0.336 e. The van der Waals surface area contributed by atoms with Crippen LogP contribution in [-0.4, -0.2) is 76.4 Å². The lowest BCUT2D eigenvalue weighted by Gasteiger charge is -2.21. The van der Waals surface area contributed by atoms with Gasteiger partial charge in [0.2, 0.25) is 0 Å². The summed E-state index contributed by atoms with van der Waals surface area (Å²) < 4.78 is 20.4. The molecule has 0 aliphatic rings. The van der Waals surface area contributed by atoms with Crippen LogP contribution in [0, 0.1) is 0 Å². The van der Waals surface area contributed by atoms with E-state index in [9.17, 15) is 9.59 Å². The third-order valence-electron chi connectivity index (χ3n) is 7.49. The molecule has 4 N–H and O–H groups in total. The summed E-state index contributed by atoms with van der Waals surface area (Å²) in [6, 6.07) is 30.5. The number of hydrogen-bond donors (Lipinski definition) is 2. The fraction of sp³-hybridized carbons (Fsp3) is 0.350. The van der Waals surface area contributed by atoms with Gasteiger partial charge in [0.25, 0.3) is 0 Å². The number of alkyl halides is 2.